The fraction of sp³-hybridized carbons (Fsp3) is 0.438. The Morgan fingerprint density at radius 2 is 2.05 bits per heavy atom. The van der Waals surface area contributed by atoms with E-state index in [4.69, 9.17) is 5.73 Å². The second-order valence-corrected chi connectivity index (χ2v) is 6.28. The average Bonchev–Trinajstić information content (AvgIpc) is 2.72. The maximum Gasteiger partial charge on any atom is 0.161 e. The van der Waals surface area contributed by atoms with Crippen LogP contribution in [0.2, 0.25) is 0 Å². The third-order valence-electron chi connectivity index (χ3n) is 4.75. The van der Waals surface area contributed by atoms with Crippen molar-refractivity contribution < 1.29 is 4.79 Å². The Morgan fingerprint density at radius 1 is 1.37 bits per heavy atom. The third kappa shape index (κ3) is 1.76. The lowest BCUT2D eigenvalue weighted by molar-refractivity contribution is -0.115. The molecule has 2 fully saturated rings. The zero-order valence-electron chi connectivity index (χ0n) is 11.7. The maximum atomic E-state index is 12.1. The van der Waals surface area contributed by atoms with Gasteiger partial charge in [-0.25, -0.2) is 0 Å². The molecule has 0 spiro atoms. The van der Waals surface area contributed by atoms with E-state index in [0.29, 0.717) is 29.7 Å². The molecule has 2 atom stereocenters. The van der Waals surface area contributed by atoms with Gasteiger partial charge in [0.15, 0.2) is 5.78 Å². The Morgan fingerprint density at radius 3 is 2.68 bits per heavy atom. The Balaban J connectivity index is 1.91. The lowest BCUT2D eigenvalue weighted by atomic mass is 9.95. The normalized spacial score (nSPS) is 29.9. The van der Waals surface area contributed by atoms with Gasteiger partial charge in [0.1, 0.15) is 0 Å². The minimum Gasteiger partial charge on any atom is -0.397 e. The number of rotatable bonds is 2. The summed E-state index contributed by atoms with van der Waals surface area (Å²) in [6.07, 6.45) is 0.705. The van der Waals surface area contributed by atoms with Gasteiger partial charge in [-0.15, -0.1) is 0 Å². The molecule has 3 rings (SSSR count). The molecule has 0 amide bonds. The van der Waals surface area contributed by atoms with Crippen molar-refractivity contribution in [3.63, 3.8) is 0 Å². The van der Waals surface area contributed by atoms with Crippen LogP contribution < -0.4 is 11.1 Å². The van der Waals surface area contributed by atoms with Crippen molar-refractivity contribution in [2.75, 3.05) is 11.1 Å². The number of nitrogen functional groups attached to an aromatic ring is 1. The van der Waals surface area contributed by atoms with E-state index in [-0.39, 0.29) is 5.41 Å². The summed E-state index contributed by atoms with van der Waals surface area (Å²) < 4.78 is 0. The summed E-state index contributed by atoms with van der Waals surface area (Å²) in [7, 11) is 0. The summed E-state index contributed by atoms with van der Waals surface area (Å²) in [5.41, 5.74) is 9.75. The van der Waals surface area contributed by atoms with Crippen LogP contribution in [-0.2, 0) is 4.79 Å². The average molecular weight is 256 g/mol. The van der Waals surface area contributed by atoms with Gasteiger partial charge in [0.05, 0.1) is 11.4 Å². The Bertz CT molecular complexity index is 586. The highest BCUT2D eigenvalue weighted by molar-refractivity contribution is 6.01. The molecule has 2 aliphatic rings. The van der Waals surface area contributed by atoms with Crippen LogP contribution in [0.3, 0.4) is 0 Å². The summed E-state index contributed by atoms with van der Waals surface area (Å²) in [6, 6.07) is 7.65. The number of para-hydroxylation sites is 2. The van der Waals surface area contributed by atoms with Crippen LogP contribution in [0, 0.1) is 17.3 Å². The standard InChI is InChI=1S/C16H20N2O/c1-9(18-12-7-5-4-6-11(12)17)14-13(19)8-10-15(14)16(10,2)3/h4-7,10,15,18H,8,17H2,1-3H3/t10-,15+/m0/s1. The number of hydrogen-bond acceptors (Lipinski definition) is 3. The van der Waals surface area contributed by atoms with Crippen molar-refractivity contribution in [3.8, 4) is 0 Å². The zero-order chi connectivity index (χ0) is 13.8. The first kappa shape index (κ1) is 12.3. The van der Waals surface area contributed by atoms with Gasteiger partial charge < -0.3 is 11.1 Å². The van der Waals surface area contributed by atoms with Crippen LogP contribution in [-0.4, -0.2) is 5.78 Å². The van der Waals surface area contributed by atoms with Gasteiger partial charge in [0, 0.05) is 17.7 Å². The predicted molar refractivity (Wildman–Crippen MR) is 77.6 cm³/mol. The van der Waals surface area contributed by atoms with E-state index < -0.39 is 0 Å². The van der Waals surface area contributed by atoms with Crippen LogP contribution >= 0.6 is 0 Å². The van der Waals surface area contributed by atoms with Crippen molar-refractivity contribution in [2.24, 2.45) is 17.3 Å². The van der Waals surface area contributed by atoms with Crippen molar-refractivity contribution in [1.82, 2.24) is 0 Å². The molecule has 3 heteroatoms. The highest BCUT2D eigenvalue weighted by Gasteiger charge is 2.65. The monoisotopic (exact) mass is 256 g/mol. The van der Waals surface area contributed by atoms with Crippen molar-refractivity contribution in [1.29, 1.82) is 0 Å². The van der Waals surface area contributed by atoms with Crippen LogP contribution in [0.1, 0.15) is 27.2 Å². The number of benzene rings is 1. The first-order valence-corrected chi connectivity index (χ1v) is 6.78. The second kappa shape index (κ2) is 3.86. The molecule has 0 saturated heterocycles. The smallest absolute Gasteiger partial charge is 0.161 e. The molecular weight excluding hydrogens is 236 g/mol. The van der Waals surface area contributed by atoms with E-state index in [0.717, 1.165) is 17.0 Å². The van der Waals surface area contributed by atoms with Gasteiger partial charge in [0.25, 0.3) is 0 Å². The fourth-order valence-corrected chi connectivity index (χ4v) is 3.50. The van der Waals surface area contributed by atoms with Crippen LogP contribution in [0.4, 0.5) is 11.4 Å². The topological polar surface area (TPSA) is 55.1 Å². The lowest BCUT2D eigenvalue weighted by Gasteiger charge is -2.15. The minimum atomic E-state index is 0.286. The first-order chi connectivity index (χ1) is 8.93. The van der Waals surface area contributed by atoms with E-state index in [1.807, 2.05) is 31.2 Å². The maximum absolute atomic E-state index is 12.1. The highest BCUT2D eigenvalue weighted by atomic mass is 16.1. The molecule has 0 bridgehead atoms. The van der Waals surface area contributed by atoms with E-state index >= 15 is 0 Å². The van der Waals surface area contributed by atoms with Gasteiger partial charge in [-0.3, -0.25) is 4.79 Å². The third-order valence-corrected chi connectivity index (χ3v) is 4.75. The molecule has 0 heterocycles. The van der Waals surface area contributed by atoms with Crippen molar-refractivity contribution >= 4 is 17.2 Å². The molecule has 0 unspecified atom stereocenters. The first-order valence-electron chi connectivity index (χ1n) is 6.78. The summed E-state index contributed by atoms with van der Waals surface area (Å²) in [5.74, 6) is 1.27. The van der Waals surface area contributed by atoms with Gasteiger partial charge in [-0.2, -0.15) is 0 Å². The van der Waals surface area contributed by atoms with Gasteiger partial charge >= 0.3 is 0 Å². The number of allylic oxidation sites excluding steroid dienone is 2. The number of anilines is 2. The van der Waals surface area contributed by atoms with Gasteiger partial charge in [0.2, 0.25) is 0 Å². The summed E-state index contributed by atoms with van der Waals surface area (Å²) in [5, 5.41) is 3.31. The zero-order valence-corrected chi connectivity index (χ0v) is 11.7. The Labute approximate surface area is 113 Å². The highest BCUT2D eigenvalue weighted by Crippen LogP contribution is 2.68. The molecule has 100 valence electrons. The molecule has 19 heavy (non-hydrogen) atoms. The molecule has 3 N–H and O–H groups in total. The lowest BCUT2D eigenvalue weighted by Crippen LogP contribution is -2.12. The van der Waals surface area contributed by atoms with E-state index in [1.165, 1.54) is 0 Å². The Hall–Kier alpha value is -1.77. The summed E-state index contributed by atoms with van der Waals surface area (Å²) in [6.45, 7) is 6.48. The molecule has 1 aromatic rings. The summed E-state index contributed by atoms with van der Waals surface area (Å²) >= 11 is 0. The van der Waals surface area contributed by atoms with E-state index in [1.54, 1.807) is 0 Å². The molecule has 0 aromatic heterocycles. The van der Waals surface area contributed by atoms with Crippen molar-refractivity contribution in [3.05, 3.63) is 35.5 Å². The SMILES string of the molecule is CC(Nc1ccccc1N)=C1C(=O)C[C@H]2[C@H]1C2(C)C. The second-order valence-electron chi connectivity index (χ2n) is 6.28. The van der Waals surface area contributed by atoms with Gasteiger partial charge in [-0.1, -0.05) is 26.0 Å². The molecule has 3 nitrogen and oxygen atoms in total. The minimum absolute atomic E-state index is 0.286. The number of ketones is 1. The van der Waals surface area contributed by atoms with Crippen LogP contribution in [0.5, 0.6) is 0 Å². The Kier molecular flexibility index (Phi) is 2.49. The number of hydrogen-bond donors (Lipinski definition) is 2. The van der Waals surface area contributed by atoms with Crippen LogP contribution in [0.15, 0.2) is 35.5 Å². The number of nitrogens with two attached hydrogens (primary N) is 1. The largest absolute Gasteiger partial charge is 0.397 e. The van der Waals surface area contributed by atoms with E-state index in [2.05, 4.69) is 19.2 Å². The quantitative estimate of drug-likeness (QED) is 0.631. The molecule has 2 aliphatic carbocycles. The molecule has 2 saturated carbocycles. The summed E-state index contributed by atoms with van der Waals surface area (Å²) in [4.78, 5) is 12.1. The fourth-order valence-electron chi connectivity index (χ4n) is 3.50. The number of Topliss-reactive ketones (excluding diaryl/α,β-unsaturated/α-hetero) is 1. The number of nitrogens with one attached hydrogen (secondary N) is 1. The molecule has 1 aromatic carbocycles. The number of fused-ring (bicyclic) bond motifs is 1. The molecule has 0 aliphatic heterocycles. The number of carbonyl (C=O) groups is 1. The van der Waals surface area contributed by atoms with Crippen molar-refractivity contribution in [2.45, 2.75) is 27.2 Å². The van der Waals surface area contributed by atoms with Crippen LogP contribution in [0.25, 0.3) is 0 Å². The molecule has 0 radical (unpaired) electrons. The van der Waals surface area contributed by atoms with E-state index in [9.17, 15) is 4.79 Å². The van der Waals surface area contributed by atoms with Gasteiger partial charge in [-0.05, 0) is 36.3 Å². The number of carbonyl (C=O) groups excluding carboxylic acids is 1. The molecular formula is C16H20N2O. The predicted octanol–water partition coefficient (Wildman–Crippen LogP) is 3.20.